The minimum absolute atomic E-state index is 0.0340. The Morgan fingerprint density at radius 3 is 2.67 bits per heavy atom. The molecule has 1 heterocycles. The van der Waals surface area contributed by atoms with E-state index < -0.39 is 24.2 Å². The fraction of sp³-hybridized carbons (Fsp3) is 0.676. The smallest absolute Gasteiger partial charge is 0.249 e. The summed E-state index contributed by atoms with van der Waals surface area (Å²) in [7, 11) is 1.45. The molecule has 1 aliphatic heterocycles. The van der Waals surface area contributed by atoms with Gasteiger partial charge in [0.2, 0.25) is 11.8 Å². The van der Waals surface area contributed by atoms with Gasteiger partial charge in [0, 0.05) is 37.3 Å². The van der Waals surface area contributed by atoms with Crippen LogP contribution in [0.5, 0.6) is 11.5 Å². The molecule has 1 aromatic rings. The molecule has 0 bridgehead atoms. The summed E-state index contributed by atoms with van der Waals surface area (Å²) in [5.41, 5.74) is 0.718. The van der Waals surface area contributed by atoms with E-state index in [1.54, 1.807) is 17.0 Å². The van der Waals surface area contributed by atoms with Gasteiger partial charge >= 0.3 is 0 Å². The number of rotatable bonds is 14. The number of aldehydes is 1. The highest BCUT2D eigenvalue weighted by Crippen LogP contribution is 2.38. The first-order valence-corrected chi connectivity index (χ1v) is 17.4. The van der Waals surface area contributed by atoms with Gasteiger partial charge in [-0.05, 0) is 84.2 Å². The molecule has 3 aliphatic rings. The standard InChI is InChI=1S/C34H49IN2O9/c1-20(2)25-8-7-21(3)12-28(25)45-19-31(40)37(17-24-6-5-11-44-24)27-15-23(34(42)36-9-10-38)16-29(32(27)41)46-33-26(35)13-22(18-39)14-30(33)43-4/h13-14,16,18,20-21,24-25,27-29,32,38,41H,5-12,15,17,19H2,1-4H3,(H,36,42)/t21-,24-,25+,27+,28-,29-,32-/m0/s1. The van der Waals surface area contributed by atoms with Crippen molar-refractivity contribution in [2.45, 2.75) is 89.8 Å². The van der Waals surface area contributed by atoms with Gasteiger partial charge in [-0.3, -0.25) is 14.4 Å². The molecule has 4 rings (SSSR count). The molecular weight excluding hydrogens is 707 g/mol. The maximum atomic E-state index is 14.1. The number of hydrogen-bond acceptors (Lipinski definition) is 9. The number of halogens is 1. The van der Waals surface area contributed by atoms with Gasteiger partial charge in [0.1, 0.15) is 25.1 Å². The van der Waals surface area contributed by atoms with Gasteiger partial charge in [0.15, 0.2) is 11.5 Å². The number of nitrogens with zero attached hydrogens (tertiary/aromatic N) is 1. The molecule has 2 amide bonds. The first-order chi connectivity index (χ1) is 22.1. The molecule has 11 nitrogen and oxygen atoms in total. The molecular formula is C34H49IN2O9. The van der Waals surface area contributed by atoms with Gasteiger partial charge in [-0.1, -0.05) is 27.2 Å². The summed E-state index contributed by atoms with van der Waals surface area (Å²) >= 11 is 2.03. The third-order valence-corrected chi connectivity index (χ3v) is 10.2. The number of benzene rings is 1. The van der Waals surface area contributed by atoms with E-state index in [0.29, 0.717) is 56.9 Å². The number of carbonyl (C=O) groups is 3. The molecule has 1 saturated carbocycles. The number of methoxy groups -OCH3 is 1. The lowest BCUT2D eigenvalue weighted by molar-refractivity contribution is -0.150. The van der Waals surface area contributed by atoms with Crippen molar-refractivity contribution in [2.24, 2.45) is 17.8 Å². The second-order valence-electron chi connectivity index (χ2n) is 13.0. The predicted octanol–water partition coefficient (Wildman–Crippen LogP) is 3.51. The molecule has 7 atom stereocenters. The lowest BCUT2D eigenvalue weighted by Gasteiger charge is -2.42. The molecule has 2 aliphatic carbocycles. The van der Waals surface area contributed by atoms with Gasteiger partial charge in [0.05, 0.1) is 35.5 Å². The van der Waals surface area contributed by atoms with Crippen molar-refractivity contribution in [2.75, 3.05) is 40.0 Å². The molecule has 0 unspecified atom stereocenters. The van der Waals surface area contributed by atoms with Crippen LogP contribution in [0.2, 0.25) is 0 Å². The minimum atomic E-state index is -1.22. The largest absolute Gasteiger partial charge is 0.493 e. The van der Waals surface area contributed by atoms with E-state index in [2.05, 4.69) is 26.1 Å². The van der Waals surface area contributed by atoms with Crippen LogP contribution in [0.3, 0.4) is 0 Å². The minimum Gasteiger partial charge on any atom is -0.493 e. The Labute approximate surface area is 285 Å². The Hall–Kier alpha value is -2.26. The van der Waals surface area contributed by atoms with Crippen molar-refractivity contribution in [3.8, 4) is 11.5 Å². The van der Waals surface area contributed by atoms with Gasteiger partial charge < -0.3 is 39.4 Å². The van der Waals surface area contributed by atoms with E-state index in [9.17, 15) is 24.6 Å². The van der Waals surface area contributed by atoms with Crippen LogP contribution in [0.1, 0.15) is 69.7 Å². The monoisotopic (exact) mass is 756 g/mol. The fourth-order valence-electron chi connectivity index (χ4n) is 6.84. The molecule has 46 heavy (non-hydrogen) atoms. The lowest BCUT2D eigenvalue weighted by Crippen LogP contribution is -2.57. The van der Waals surface area contributed by atoms with Crippen molar-refractivity contribution >= 4 is 40.7 Å². The Kier molecular flexibility index (Phi) is 13.7. The molecule has 1 saturated heterocycles. The zero-order valence-electron chi connectivity index (χ0n) is 27.3. The fourth-order valence-corrected chi connectivity index (χ4v) is 7.59. The third kappa shape index (κ3) is 9.21. The Morgan fingerprint density at radius 1 is 1.24 bits per heavy atom. The van der Waals surface area contributed by atoms with E-state index in [4.69, 9.17) is 18.9 Å². The van der Waals surface area contributed by atoms with Crippen molar-refractivity contribution in [1.82, 2.24) is 10.2 Å². The Morgan fingerprint density at radius 2 is 2.02 bits per heavy atom. The first-order valence-electron chi connectivity index (χ1n) is 16.4. The summed E-state index contributed by atoms with van der Waals surface area (Å²) < 4.78 is 24.7. The average Bonchev–Trinajstić information content (AvgIpc) is 3.56. The van der Waals surface area contributed by atoms with Crippen molar-refractivity contribution < 1.29 is 43.5 Å². The van der Waals surface area contributed by atoms with E-state index in [-0.39, 0.29) is 50.8 Å². The zero-order chi connectivity index (χ0) is 33.4. The van der Waals surface area contributed by atoms with Crippen LogP contribution in [0, 0.1) is 21.3 Å². The van der Waals surface area contributed by atoms with Crippen LogP contribution >= 0.6 is 22.6 Å². The highest BCUT2D eigenvalue weighted by atomic mass is 127. The molecule has 0 spiro atoms. The predicted molar refractivity (Wildman–Crippen MR) is 180 cm³/mol. The van der Waals surface area contributed by atoms with Crippen molar-refractivity contribution in [1.29, 1.82) is 0 Å². The zero-order valence-corrected chi connectivity index (χ0v) is 29.4. The number of ether oxygens (including phenoxy) is 4. The van der Waals surface area contributed by atoms with Crippen LogP contribution < -0.4 is 14.8 Å². The van der Waals surface area contributed by atoms with Crippen LogP contribution in [-0.4, -0.2) is 104 Å². The highest BCUT2D eigenvalue weighted by Gasteiger charge is 2.42. The van der Waals surface area contributed by atoms with Gasteiger partial charge in [-0.25, -0.2) is 0 Å². The van der Waals surface area contributed by atoms with Crippen LogP contribution in [0.4, 0.5) is 0 Å². The molecule has 12 heteroatoms. The summed E-state index contributed by atoms with van der Waals surface area (Å²) in [6.45, 7) is 7.12. The second kappa shape index (κ2) is 17.2. The quantitative estimate of drug-likeness (QED) is 0.192. The van der Waals surface area contributed by atoms with Gasteiger partial charge in [-0.2, -0.15) is 0 Å². The molecule has 3 N–H and O–H groups in total. The number of aliphatic hydroxyl groups is 2. The van der Waals surface area contributed by atoms with E-state index in [0.717, 1.165) is 32.1 Å². The summed E-state index contributed by atoms with van der Waals surface area (Å²) in [4.78, 5) is 40.4. The van der Waals surface area contributed by atoms with Crippen molar-refractivity contribution in [3.63, 3.8) is 0 Å². The summed E-state index contributed by atoms with van der Waals surface area (Å²) in [6, 6.07) is 2.35. The average molecular weight is 757 g/mol. The Balaban J connectivity index is 1.64. The number of hydrogen-bond donors (Lipinski definition) is 3. The molecule has 1 aromatic carbocycles. The van der Waals surface area contributed by atoms with Crippen LogP contribution in [-0.2, 0) is 19.1 Å². The van der Waals surface area contributed by atoms with E-state index in [1.807, 2.05) is 22.6 Å². The highest BCUT2D eigenvalue weighted by molar-refractivity contribution is 14.1. The van der Waals surface area contributed by atoms with E-state index in [1.165, 1.54) is 13.2 Å². The van der Waals surface area contributed by atoms with Gasteiger partial charge in [-0.15, -0.1) is 0 Å². The number of amides is 2. The second-order valence-corrected chi connectivity index (χ2v) is 14.2. The maximum Gasteiger partial charge on any atom is 0.249 e. The topological polar surface area (TPSA) is 144 Å². The van der Waals surface area contributed by atoms with Gasteiger partial charge in [0.25, 0.3) is 0 Å². The molecule has 2 fully saturated rings. The van der Waals surface area contributed by atoms with E-state index >= 15 is 0 Å². The molecule has 0 radical (unpaired) electrons. The maximum absolute atomic E-state index is 14.1. The SMILES string of the molecule is COc1cc(C=O)cc(I)c1O[C@H]1C=C(C(=O)NCCO)C[C@@H](N(C[C@@H]2CCCO2)C(=O)CO[C@H]2C[C@@H](C)CC[C@@H]2C(C)C)[C@@H]1O. The summed E-state index contributed by atoms with van der Waals surface area (Å²) in [5, 5.41) is 23.9. The van der Waals surface area contributed by atoms with Crippen LogP contribution in [0.15, 0.2) is 23.8 Å². The lowest BCUT2D eigenvalue weighted by atomic mass is 9.75. The molecule has 0 aromatic heterocycles. The number of carbonyl (C=O) groups excluding carboxylic acids is 3. The summed E-state index contributed by atoms with van der Waals surface area (Å²) in [6.07, 6.45) is 4.59. The third-order valence-electron chi connectivity index (χ3n) is 9.38. The van der Waals surface area contributed by atoms with Crippen molar-refractivity contribution in [3.05, 3.63) is 32.9 Å². The normalized spacial score (nSPS) is 28.0. The molecule has 256 valence electrons. The summed E-state index contributed by atoms with van der Waals surface area (Å²) in [5.74, 6) is 1.21. The number of aliphatic hydroxyl groups excluding tert-OH is 2. The number of nitrogens with one attached hydrogen (secondary N) is 1. The first kappa shape index (κ1) is 36.6. The van der Waals surface area contributed by atoms with Crippen LogP contribution in [0.25, 0.3) is 0 Å². The Bertz CT molecular complexity index is 1240.